The minimum absolute atomic E-state index is 0.0763. The standard InChI is InChI=1S/C24H27ClFN5O3/c1-4-14(13-32)16-11-21-17(12-20(16)28-22(33)6-5-9-31(2)3)23(30-24(34)29-21)27-15-7-8-19(26)18(25)10-15/h5-8,10-12,14,32H,4,9,13H2,1-3H3,(H,28,33)(H2,27,29,30,34)/t14-/m1/s1. The van der Waals surface area contributed by atoms with Gasteiger partial charge in [0.1, 0.15) is 11.6 Å². The fourth-order valence-electron chi connectivity index (χ4n) is 3.46. The first-order chi connectivity index (χ1) is 16.2. The summed E-state index contributed by atoms with van der Waals surface area (Å²) in [5, 5.41) is 16.2. The number of amides is 1. The Balaban J connectivity index is 2.09. The van der Waals surface area contributed by atoms with E-state index in [1.54, 1.807) is 18.2 Å². The lowest BCUT2D eigenvalue weighted by Crippen LogP contribution is -2.17. The van der Waals surface area contributed by atoms with Gasteiger partial charge in [-0.1, -0.05) is 24.6 Å². The third-order valence-corrected chi connectivity index (χ3v) is 5.52. The first-order valence-electron chi connectivity index (χ1n) is 10.7. The number of likely N-dealkylation sites (N-methyl/N-ethyl adjacent to an activating group) is 1. The number of carbonyl (C=O) groups is 1. The number of fused-ring (bicyclic) bond motifs is 1. The number of benzene rings is 2. The van der Waals surface area contributed by atoms with Crippen LogP contribution in [0.4, 0.5) is 21.6 Å². The predicted octanol–water partition coefficient (Wildman–Crippen LogP) is 4.00. The Morgan fingerprint density at radius 2 is 2.09 bits per heavy atom. The Morgan fingerprint density at radius 3 is 2.74 bits per heavy atom. The van der Waals surface area contributed by atoms with Crippen LogP contribution in [0.25, 0.3) is 10.9 Å². The van der Waals surface area contributed by atoms with Crippen molar-refractivity contribution in [1.29, 1.82) is 0 Å². The number of H-pyrrole nitrogens is 1. The molecule has 180 valence electrons. The Hall–Kier alpha value is -3.27. The van der Waals surface area contributed by atoms with E-state index < -0.39 is 11.5 Å². The van der Waals surface area contributed by atoms with Crippen molar-refractivity contribution in [2.75, 3.05) is 37.9 Å². The van der Waals surface area contributed by atoms with Crippen LogP contribution in [0.1, 0.15) is 24.8 Å². The van der Waals surface area contributed by atoms with Crippen molar-refractivity contribution in [1.82, 2.24) is 14.9 Å². The molecule has 1 atom stereocenters. The summed E-state index contributed by atoms with van der Waals surface area (Å²) in [6.45, 7) is 2.40. The van der Waals surface area contributed by atoms with E-state index in [1.807, 2.05) is 25.9 Å². The van der Waals surface area contributed by atoms with Crippen LogP contribution in [0.3, 0.4) is 0 Å². The van der Waals surface area contributed by atoms with Crippen LogP contribution in [-0.2, 0) is 4.79 Å². The number of nitrogens with one attached hydrogen (secondary N) is 3. The van der Waals surface area contributed by atoms with Crippen LogP contribution in [0.5, 0.6) is 0 Å². The molecule has 0 fully saturated rings. The number of hydrogen-bond donors (Lipinski definition) is 4. The van der Waals surface area contributed by atoms with E-state index in [1.165, 1.54) is 24.3 Å². The lowest BCUT2D eigenvalue weighted by Gasteiger charge is -2.19. The SMILES string of the molecule is CC[C@H](CO)c1cc2[nH]c(=O)nc(Nc3ccc(F)c(Cl)c3)c2cc1NC(=O)C=CCN(C)C. The number of aromatic nitrogens is 2. The molecule has 1 amide bonds. The van der Waals surface area contributed by atoms with E-state index in [2.05, 4.69) is 20.6 Å². The molecule has 2 aromatic carbocycles. The molecule has 8 nitrogen and oxygen atoms in total. The number of halogens is 2. The number of rotatable bonds is 9. The van der Waals surface area contributed by atoms with Crippen LogP contribution in [0, 0.1) is 5.82 Å². The molecular weight excluding hydrogens is 461 g/mol. The highest BCUT2D eigenvalue weighted by Gasteiger charge is 2.18. The van der Waals surface area contributed by atoms with Gasteiger partial charge in [-0.3, -0.25) is 4.79 Å². The van der Waals surface area contributed by atoms with E-state index >= 15 is 0 Å². The number of aliphatic hydroxyl groups excluding tert-OH is 1. The van der Waals surface area contributed by atoms with Crippen LogP contribution in [0.15, 0.2) is 47.3 Å². The molecule has 4 N–H and O–H groups in total. The zero-order chi connectivity index (χ0) is 24.8. The Bertz CT molecular complexity index is 1270. The minimum Gasteiger partial charge on any atom is -0.396 e. The van der Waals surface area contributed by atoms with Gasteiger partial charge < -0.3 is 25.6 Å². The van der Waals surface area contributed by atoms with Crippen LogP contribution >= 0.6 is 11.6 Å². The molecule has 1 aromatic heterocycles. The largest absolute Gasteiger partial charge is 0.396 e. The molecule has 34 heavy (non-hydrogen) atoms. The molecule has 0 aliphatic carbocycles. The number of nitrogens with zero attached hydrogens (tertiary/aromatic N) is 2. The second kappa shape index (κ2) is 11.2. The van der Waals surface area contributed by atoms with E-state index in [4.69, 9.17) is 11.6 Å². The topological polar surface area (TPSA) is 110 Å². The molecule has 0 saturated carbocycles. The molecule has 0 saturated heterocycles. The molecule has 3 aromatic rings. The summed E-state index contributed by atoms with van der Waals surface area (Å²) >= 11 is 5.88. The monoisotopic (exact) mass is 487 g/mol. The predicted molar refractivity (Wildman–Crippen MR) is 133 cm³/mol. The van der Waals surface area contributed by atoms with E-state index in [9.17, 15) is 19.1 Å². The van der Waals surface area contributed by atoms with E-state index in [0.717, 1.165) is 0 Å². The molecule has 0 bridgehead atoms. The maximum atomic E-state index is 13.5. The average Bonchev–Trinajstić information content (AvgIpc) is 2.77. The van der Waals surface area contributed by atoms with Gasteiger partial charge in [0.15, 0.2) is 0 Å². The zero-order valence-corrected chi connectivity index (χ0v) is 19.9. The maximum absolute atomic E-state index is 13.5. The smallest absolute Gasteiger partial charge is 0.347 e. The molecular formula is C24H27ClFN5O3. The lowest BCUT2D eigenvalue weighted by atomic mass is 9.94. The highest BCUT2D eigenvalue weighted by Crippen LogP contribution is 2.34. The molecule has 0 unspecified atom stereocenters. The number of hydrogen-bond acceptors (Lipinski definition) is 6. The third kappa shape index (κ3) is 6.19. The molecule has 0 radical (unpaired) electrons. The summed E-state index contributed by atoms with van der Waals surface area (Å²) in [6.07, 6.45) is 3.80. The lowest BCUT2D eigenvalue weighted by molar-refractivity contribution is -0.111. The highest BCUT2D eigenvalue weighted by atomic mass is 35.5. The van der Waals surface area contributed by atoms with Gasteiger partial charge in [0.05, 0.1) is 10.5 Å². The van der Waals surface area contributed by atoms with Gasteiger partial charge in [-0.2, -0.15) is 4.98 Å². The maximum Gasteiger partial charge on any atom is 0.347 e. The fraction of sp³-hybridized carbons (Fsp3) is 0.292. The molecule has 0 aliphatic rings. The quantitative estimate of drug-likeness (QED) is 0.339. The molecule has 0 aliphatic heterocycles. The first-order valence-corrected chi connectivity index (χ1v) is 11.1. The first kappa shape index (κ1) is 25.4. The second-order valence-electron chi connectivity index (χ2n) is 8.07. The van der Waals surface area contributed by atoms with Crippen molar-refractivity contribution < 1.29 is 14.3 Å². The molecule has 10 heteroatoms. The van der Waals surface area contributed by atoms with Crippen molar-refractivity contribution in [2.45, 2.75) is 19.3 Å². The minimum atomic E-state index is -0.588. The van der Waals surface area contributed by atoms with Gasteiger partial charge in [0.25, 0.3) is 0 Å². The molecule has 0 spiro atoms. The van der Waals surface area contributed by atoms with Gasteiger partial charge in [0, 0.05) is 41.9 Å². The molecule has 1 heterocycles. The van der Waals surface area contributed by atoms with Crippen molar-refractivity contribution in [2.24, 2.45) is 0 Å². The van der Waals surface area contributed by atoms with Gasteiger partial charge >= 0.3 is 5.69 Å². The average molecular weight is 488 g/mol. The Morgan fingerprint density at radius 1 is 1.32 bits per heavy atom. The van der Waals surface area contributed by atoms with Crippen molar-refractivity contribution in [3.05, 3.63) is 69.4 Å². The number of anilines is 3. The van der Waals surface area contributed by atoms with Gasteiger partial charge in [-0.15, -0.1) is 0 Å². The zero-order valence-electron chi connectivity index (χ0n) is 19.2. The molecule has 3 rings (SSSR count). The summed E-state index contributed by atoms with van der Waals surface area (Å²) < 4.78 is 13.5. The summed E-state index contributed by atoms with van der Waals surface area (Å²) in [6, 6.07) is 7.48. The fourth-order valence-corrected chi connectivity index (χ4v) is 3.65. The van der Waals surface area contributed by atoms with E-state index in [-0.39, 0.29) is 29.3 Å². The van der Waals surface area contributed by atoms with Gasteiger partial charge in [-0.05, 0) is 56.4 Å². The third-order valence-electron chi connectivity index (χ3n) is 5.23. The summed E-state index contributed by atoms with van der Waals surface area (Å²) in [4.78, 5) is 33.4. The summed E-state index contributed by atoms with van der Waals surface area (Å²) in [5.41, 5.74) is 1.49. The van der Waals surface area contributed by atoms with Gasteiger partial charge in [0.2, 0.25) is 5.91 Å². The van der Waals surface area contributed by atoms with Crippen LogP contribution < -0.4 is 16.3 Å². The van der Waals surface area contributed by atoms with Crippen molar-refractivity contribution in [3.63, 3.8) is 0 Å². The van der Waals surface area contributed by atoms with Crippen LogP contribution in [-0.4, -0.2) is 53.1 Å². The number of carbonyl (C=O) groups excluding carboxylic acids is 1. The Kier molecular flexibility index (Phi) is 8.38. The van der Waals surface area contributed by atoms with E-state index in [0.29, 0.717) is 40.8 Å². The highest BCUT2D eigenvalue weighted by molar-refractivity contribution is 6.31. The van der Waals surface area contributed by atoms with Gasteiger partial charge in [-0.25, -0.2) is 9.18 Å². The number of aromatic amines is 1. The van der Waals surface area contributed by atoms with Crippen molar-refractivity contribution in [3.8, 4) is 0 Å². The van der Waals surface area contributed by atoms with Crippen molar-refractivity contribution >= 4 is 45.6 Å². The second-order valence-corrected chi connectivity index (χ2v) is 8.48. The normalized spacial score (nSPS) is 12.4. The Labute approximate surface area is 201 Å². The summed E-state index contributed by atoms with van der Waals surface area (Å²) in [7, 11) is 3.79. The number of aliphatic hydroxyl groups is 1. The van der Waals surface area contributed by atoms with Crippen LogP contribution in [0.2, 0.25) is 5.02 Å². The summed E-state index contributed by atoms with van der Waals surface area (Å²) in [5.74, 6) is -0.937.